The number of hydrogen-bond acceptors (Lipinski definition) is 20. The van der Waals surface area contributed by atoms with Gasteiger partial charge < -0.3 is 61.1 Å². The van der Waals surface area contributed by atoms with Crippen molar-refractivity contribution in [2.75, 3.05) is 48.2 Å². The number of carbonyl (C=O) groups is 2. The first-order chi connectivity index (χ1) is 45.4. The summed E-state index contributed by atoms with van der Waals surface area (Å²) in [7, 11) is 0. The Bertz CT molecular complexity index is 3090. The van der Waals surface area contributed by atoms with Gasteiger partial charge in [0, 0.05) is 54.2 Å². The number of hydrogen-bond donors (Lipinski definition) is 6. The zero-order valence-corrected chi connectivity index (χ0v) is 61.6. The Labute approximate surface area is 587 Å². The Kier molecular flexibility index (Phi) is 32.3. The Morgan fingerprint density at radius 1 is 0.351 bits per heavy atom. The van der Waals surface area contributed by atoms with Crippen LogP contribution in [0.2, 0.25) is 40.9 Å². The van der Waals surface area contributed by atoms with Gasteiger partial charge in [-0.1, -0.05) is 165 Å². The van der Waals surface area contributed by atoms with Crippen molar-refractivity contribution in [1.29, 1.82) is 0 Å². The number of rotatable bonds is 20. The maximum atomic E-state index is 11.0. The highest BCUT2D eigenvalue weighted by molar-refractivity contribution is 8.01. The molecule has 10 N–H and O–H groups in total. The van der Waals surface area contributed by atoms with E-state index in [2.05, 4.69) is 128 Å². The Balaban J connectivity index is 0.000000160. The van der Waals surface area contributed by atoms with E-state index in [1.807, 2.05) is 50.0 Å². The monoisotopic (exact) mass is 1380 g/mol. The molecule has 0 amide bonds. The largest absolute Gasteiger partial charge is 0.424 e. The van der Waals surface area contributed by atoms with Crippen molar-refractivity contribution in [3.63, 3.8) is 0 Å². The number of carbonyl (C=O) groups excluding carboxylic acids is 2. The average molecular weight is 1380 g/mol. The zero-order chi connectivity index (χ0) is 68.2. The number of nitrogens with two attached hydrogens (primary N) is 4. The van der Waals surface area contributed by atoms with E-state index in [4.69, 9.17) is 61.1 Å². The normalized spacial score (nSPS) is 19.0. The van der Waals surface area contributed by atoms with Crippen molar-refractivity contribution in [3.05, 3.63) is 143 Å². The van der Waals surface area contributed by atoms with E-state index in [-0.39, 0.29) is 102 Å². The highest BCUT2D eigenvalue weighted by Crippen LogP contribution is 2.36. The summed E-state index contributed by atoms with van der Waals surface area (Å²) in [6.07, 6.45) is 5.08. The van der Waals surface area contributed by atoms with Crippen molar-refractivity contribution in [1.82, 2.24) is 0 Å². The summed E-state index contributed by atoms with van der Waals surface area (Å²) >= 11 is 9.49. The van der Waals surface area contributed by atoms with Crippen LogP contribution in [0.3, 0.4) is 0 Å². The van der Waals surface area contributed by atoms with Crippen LogP contribution in [-0.2, 0) is 37.5 Å². The van der Waals surface area contributed by atoms with Crippen molar-refractivity contribution in [2.24, 2.45) is 22.9 Å². The first-order valence-corrected chi connectivity index (χ1v) is 38.7. The molecule has 0 radical (unpaired) electrons. The molecule has 0 saturated heterocycles. The second kappa shape index (κ2) is 38.9. The molecule has 500 valence electrons. The van der Waals surface area contributed by atoms with Crippen LogP contribution in [0.1, 0.15) is 137 Å². The minimum atomic E-state index is -0.00196. The number of aliphatic hydroxyl groups excluding tert-OH is 2. The molecule has 0 spiro atoms. The predicted octanol–water partition coefficient (Wildman–Crippen LogP) is 10.5. The lowest BCUT2D eigenvalue weighted by Crippen LogP contribution is -2.26. The third-order valence-corrected chi connectivity index (χ3v) is 22.7. The molecule has 6 heterocycles. The van der Waals surface area contributed by atoms with Crippen molar-refractivity contribution < 1.29 is 47.7 Å². The van der Waals surface area contributed by atoms with Gasteiger partial charge in [0.05, 0.1) is 60.0 Å². The average Bonchev–Trinajstić information content (AvgIpc) is 1.71. The van der Waals surface area contributed by atoms with Crippen LogP contribution in [0.15, 0.2) is 139 Å². The fraction of sp³-hybridized carbons (Fsp3) is 0.441. The molecule has 94 heavy (non-hydrogen) atoms. The van der Waals surface area contributed by atoms with E-state index in [9.17, 15) is 9.59 Å². The van der Waals surface area contributed by atoms with Crippen LogP contribution in [-0.4, -0.2) is 111 Å². The van der Waals surface area contributed by atoms with Crippen LogP contribution in [0.4, 0.5) is 0 Å². The molecule has 0 bridgehead atoms. The number of ketones is 2. The molecule has 0 saturated carbocycles. The van der Waals surface area contributed by atoms with Gasteiger partial charge in [-0.2, -0.15) is 0 Å². The lowest BCUT2D eigenvalue weighted by atomic mass is 9.64. The van der Waals surface area contributed by atoms with Crippen LogP contribution < -0.4 is 55.7 Å². The number of benzene rings is 6. The van der Waals surface area contributed by atoms with Crippen LogP contribution in [0.5, 0.6) is 0 Å². The molecule has 26 heteroatoms. The van der Waals surface area contributed by atoms with E-state index >= 15 is 0 Å². The van der Waals surface area contributed by atoms with Gasteiger partial charge in [0.1, 0.15) is 11.6 Å². The summed E-state index contributed by atoms with van der Waals surface area (Å²) in [5, 5.41) is 18.0. The quantitative estimate of drug-likeness (QED) is 0.0237. The molecule has 0 unspecified atom stereocenters. The van der Waals surface area contributed by atoms with Crippen molar-refractivity contribution in [3.8, 4) is 0 Å². The van der Waals surface area contributed by atoms with Crippen molar-refractivity contribution in [2.45, 2.75) is 174 Å². The van der Waals surface area contributed by atoms with E-state index in [0.29, 0.717) is 36.3 Å². The molecule has 6 aromatic rings. The van der Waals surface area contributed by atoms with Gasteiger partial charge in [0.15, 0.2) is 0 Å². The lowest BCUT2D eigenvalue weighted by molar-refractivity contribution is -0.115. The molecule has 0 fully saturated rings. The Hall–Kier alpha value is -3.33. The summed E-state index contributed by atoms with van der Waals surface area (Å²) < 4.78 is 35.2. The Morgan fingerprint density at radius 2 is 0.553 bits per heavy atom. The molecule has 14 nitrogen and oxygen atoms in total. The van der Waals surface area contributed by atoms with Gasteiger partial charge in [-0.05, 0) is 142 Å². The summed E-state index contributed by atoms with van der Waals surface area (Å²) in [5.41, 5.74) is 37.8. The first kappa shape index (κ1) is 78.0. The van der Waals surface area contributed by atoms with Crippen molar-refractivity contribution >= 4 is 156 Å². The second-order valence-electron chi connectivity index (χ2n) is 23.4. The standard InChI is InChI=1S/2C12H16BNO2S.2C11H16BNOS.2C11H15BO2S/c2*1-8(15)7-17-11-5-3-4-9-10(6-14)16-13(2)12(9)11;4*1-3-9-8-5-4-6-10(15-7-13)11(8)12(2)14-9/h2*3-5,10H,6-7,14H2,1-2H3;2*4-6,9H,3,7,13H2,1-2H3;2*4-6,9,13H,3,7H2,1-2H3/t2*10-;4*9-/m101010/s1. The minimum absolute atomic E-state index is 0.00196. The molecule has 6 atom stereocenters. The Morgan fingerprint density at radius 3 is 0.745 bits per heavy atom. The second-order valence-corrected chi connectivity index (χ2v) is 29.5. The molecule has 6 aliphatic rings. The molecule has 6 aliphatic heterocycles. The fourth-order valence-corrected chi connectivity index (χ4v) is 18.1. The topological polar surface area (TPSA) is 234 Å². The summed E-state index contributed by atoms with van der Waals surface area (Å²) in [6.45, 7) is 26.1. The van der Waals surface area contributed by atoms with E-state index in [0.717, 1.165) is 45.3 Å². The lowest BCUT2D eigenvalue weighted by Gasteiger charge is -2.09. The molecule has 12 rings (SSSR count). The predicted molar refractivity (Wildman–Crippen MR) is 407 cm³/mol. The van der Waals surface area contributed by atoms with E-state index in [1.54, 1.807) is 60.9 Å². The van der Waals surface area contributed by atoms with Gasteiger partial charge in [0.2, 0.25) is 0 Å². The first-order valence-electron chi connectivity index (χ1n) is 32.8. The highest BCUT2D eigenvalue weighted by atomic mass is 32.2. The zero-order valence-electron chi connectivity index (χ0n) is 56.7. The van der Waals surface area contributed by atoms with Gasteiger partial charge in [-0.25, -0.2) is 0 Å². The number of fused-ring (bicyclic) bond motifs is 6. The summed E-state index contributed by atoms with van der Waals surface area (Å²) in [5.74, 6) is 2.90. The minimum Gasteiger partial charge on any atom is -0.424 e. The van der Waals surface area contributed by atoms with E-state index in [1.165, 1.54) is 99.5 Å². The summed E-state index contributed by atoms with van der Waals surface area (Å²) in [6, 6.07) is 37.5. The van der Waals surface area contributed by atoms with E-state index < -0.39 is 0 Å². The third kappa shape index (κ3) is 19.6. The van der Waals surface area contributed by atoms with Crippen LogP contribution in [0, 0.1) is 0 Å². The van der Waals surface area contributed by atoms with Gasteiger partial charge >= 0.3 is 41.5 Å². The summed E-state index contributed by atoms with van der Waals surface area (Å²) in [4.78, 5) is 29.2. The molecular formula is C68H94B6N4O10S6. The van der Waals surface area contributed by atoms with Gasteiger partial charge in [-0.15, -0.1) is 47.0 Å². The maximum absolute atomic E-state index is 11.0. The number of thioether (sulfide) groups is 6. The molecule has 6 aromatic carbocycles. The number of aliphatic hydroxyl groups is 2. The molecule has 0 aromatic heterocycles. The third-order valence-electron chi connectivity index (χ3n) is 17.0. The molecular weight excluding hydrogens is 1290 g/mol. The van der Waals surface area contributed by atoms with Crippen LogP contribution in [0.25, 0.3) is 0 Å². The maximum Gasteiger partial charge on any atom is 0.325 e. The number of Topliss-reactive ketones (excluding diaryl/α,β-unsaturated/α-hetero) is 2. The van der Waals surface area contributed by atoms with Gasteiger partial charge in [0.25, 0.3) is 0 Å². The van der Waals surface area contributed by atoms with Crippen LogP contribution >= 0.6 is 70.6 Å². The molecule has 0 aliphatic carbocycles. The SMILES string of the molecule is CB1O[C@@H](CN)c2cccc(SCC(C)=O)c21.CB1O[C@H](CN)c2cccc(SCC(C)=O)c21.CC[C@@H]1OB(C)c2c(SCN)cccc21.CC[C@@H]1OB(C)c2c(SCO)cccc21.CC[C@H]1OB(C)c2c(SCN)cccc21.CC[C@H]1OB(C)c2c(SCO)cccc21. The smallest absolute Gasteiger partial charge is 0.325 e. The fourth-order valence-electron chi connectivity index (χ4n) is 13.0. The highest BCUT2D eigenvalue weighted by Gasteiger charge is 2.38. The van der Waals surface area contributed by atoms with Gasteiger partial charge in [-0.3, -0.25) is 9.59 Å².